The molecule has 0 spiro atoms. The number of benzene rings is 1. The number of halogens is 1. The van der Waals surface area contributed by atoms with Crippen LogP contribution in [-0.4, -0.2) is 14.8 Å². The van der Waals surface area contributed by atoms with Crippen molar-refractivity contribution in [3.8, 4) is 0 Å². The maximum atomic E-state index is 6.15. The van der Waals surface area contributed by atoms with Gasteiger partial charge in [-0.3, -0.25) is 9.67 Å². The molecule has 20 heavy (non-hydrogen) atoms. The summed E-state index contributed by atoms with van der Waals surface area (Å²) in [6.45, 7) is 3.65. The molecule has 1 aromatic carbocycles. The van der Waals surface area contributed by atoms with Gasteiger partial charge in [0, 0.05) is 41.5 Å². The van der Waals surface area contributed by atoms with Gasteiger partial charge in [0.05, 0.1) is 17.4 Å². The quantitative estimate of drug-likeness (QED) is 0.795. The molecule has 2 heterocycles. The average Bonchev–Trinajstić information content (AvgIpc) is 2.92. The SMILES string of the molecule is CCn1cc(CNc2cc(Cl)cc3cccnc23)cn1. The van der Waals surface area contributed by atoms with Crippen LogP contribution in [0.3, 0.4) is 0 Å². The molecule has 0 radical (unpaired) electrons. The fraction of sp³-hybridized carbons (Fsp3) is 0.200. The van der Waals surface area contributed by atoms with Gasteiger partial charge in [0.25, 0.3) is 0 Å². The molecule has 0 saturated carbocycles. The second-order valence-electron chi connectivity index (χ2n) is 4.59. The van der Waals surface area contributed by atoms with Crippen LogP contribution in [0.1, 0.15) is 12.5 Å². The molecule has 0 atom stereocenters. The van der Waals surface area contributed by atoms with Crippen LogP contribution in [0.5, 0.6) is 0 Å². The van der Waals surface area contributed by atoms with Crippen molar-refractivity contribution in [1.82, 2.24) is 14.8 Å². The molecule has 102 valence electrons. The van der Waals surface area contributed by atoms with Gasteiger partial charge in [-0.15, -0.1) is 0 Å². The Bertz CT molecular complexity index is 736. The van der Waals surface area contributed by atoms with E-state index in [1.165, 1.54) is 0 Å². The summed E-state index contributed by atoms with van der Waals surface area (Å²) in [5.74, 6) is 0. The zero-order chi connectivity index (χ0) is 13.9. The van der Waals surface area contributed by atoms with Gasteiger partial charge in [-0.25, -0.2) is 0 Å². The molecule has 5 heteroatoms. The Hall–Kier alpha value is -2.07. The Morgan fingerprint density at radius 2 is 2.25 bits per heavy atom. The predicted octanol–water partition coefficient (Wildman–Crippen LogP) is 3.72. The van der Waals surface area contributed by atoms with Gasteiger partial charge in [0.2, 0.25) is 0 Å². The first kappa shape index (κ1) is 12.9. The second kappa shape index (κ2) is 5.51. The molecule has 0 aliphatic heterocycles. The van der Waals surface area contributed by atoms with Crippen LogP contribution in [0, 0.1) is 0 Å². The standard InChI is InChI=1S/C15H15ClN4/c1-2-20-10-11(9-19-20)8-18-14-7-13(16)6-12-4-3-5-17-15(12)14/h3-7,9-10,18H,2,8H2,1H3. The van der Waals surface area contributed by atoms with E-state index in [9.17, 15) is 0 Å². The first-order valence-corrected chi connectivity index (χ1v) is 6.93. The van der Waals surface area contributed by atoms with Gasteiger partial charge in [-0.05, 0) is 25.1 Å². The van der Waals surface area contributed by atoms with Crippen molar-refractivity contribution >= 4 is 28.2 Å². The number of nitrogens with one attached hydrogen (secondary N) is 1. The number of fused-ring (bicyclic) bond motifs is 1. The van der Waals surface area contributed by atoms with E-state index in [2.05, 4.69) is 22.3 Å². The van der Waals surface area contributed by atoms with E-state index in [0.29, 0.717) is 11.6 Å². The first-order chi connectivity index (χ1) is 9.76. The Kier molecular flexibility index (Phi) is 3.56. The summed E-state index contributed by atoms with van der Waals surface area (Å²) in [7, 11) is 0. The van der Waals surface area contributed by atoms with Crippen LogP contribution in [0.25, 0.3) is 10.9 Å². The molecule has 3 aromatic rings. The molecule has 4 nitrogen and oxygen atoms in total. The van der Waals surface area contributed by atoms with Crippen LogP contribution in [0.4, 0.5) is 5.69 Å². The number of aryl methyl sites for hydroxylation is 1. The summed E-state index contributed by atoms with van der Waals surface area (Å²) in [4.78, 5) is 4.41. The monoisotopic (exact) mass is 286 g/mol. The molecule has 0 aliphatic rings. The largest absolute Gasteiger partial charge is 0.379 e. The zero-order valence-electron chi connectivity index (χ0n) is 11.2. The van der Waals surface area contributed by atoms with E-state index in [4.69, 9.17) is 11.6 Å². The number of hydrogen-bond acceptors (Lipinski definition) is 3. The van der Waals surface area contributed by atoms with Gasteiger partial charge in [-0.2, -0.15) is 5.10 Å². The Balaban J connectivity index is 1.86. The van der Waals surface area contributed by atoms with Crippen LogP contribution in [0.2, 0.25) is 5.02 Å². The minimum Gasteiger partial charge on any atom is -0.379 e. The van der Waals surface area contributed by atoms with Crippen molar-refractivity contribution in [3.05, 3.63) is 53.4 Å². The summed E-state index contributed by atoms with van der Waals surface area (Å²) in [6.07, 6.45) is 5.69. The van der Waals surface area contributed by atoms with Crippen molar-refractivity contribution in [3.63, 3.8) is 0 Å². The lowest BCUT2D eigenvalue weighted by molar-refractivity contribution is 0.659. The first-order valence-electron chi connectivity index (χ1n) is 6.56. The third kappa shape index (κ3) is 2.60. The fourth-order valence-corrected chi connectivity index (χ4v) is 2.39. The smallest absolute Gasteiger partial charge is 0.0934 e. The summed E-state index contributed by atoms with van der Waals surface area (Å²) >= 11 is 6.15. The molecule has 0 aliphatic carbocycles. The normalized spacial score (nSPS) is 10.9. The molecular weight excluding hydrogens is 272 g/mol. The minimum absolute atomic E-state index is 0.700. The summed E-state index contributed by atoms with van der Waals surface area (Å²) in [5, 5.41) is 9.38. The highest BCUT2D eigenvalue weighted by Crippen LogP contribution is 2.26. The van der Waals surface area contributed by atoms with Crippen molar-refractivity contribution in [2.24, 2.45) is 0 Å². The molecule has 0 amide bonds. The van der Waals surface area contributed by atoms with Gasteiger partial charge in [0.1, 0.15) is 0 Å². The lowest BCUT2D eigenvalue weighted by Crippen LogP contribution is -2.00. The van der Waals surface area contributed by atoms with E-state index in [-0.39, 0.29) is 0 Å². The number of nitrogens with zero attached hydrogens (tertiary/aromatic N) is 3. The third-order valence-corrected chi connectivity index (χ3v) is 3.38. The van der Waals surface area contributed by atoms with E-state index in [1.807, 2.05) is 41.3 Å². The number of rotatable bonds is 4. The predicted molar refractivity (Wildman–Crippen MR) is 82.0 cm³/mol. The summed E-state index contributed by atoms with van der Waals surface area (Å²) < 4.78 is 1.91. The Morgan fingerprint density at radius 3 is 3.05 bits per heavy atom. The maximum Gasteiger partial charge on any atom is 0.0934 e. The molecule has 2 aromatic heterocycles. The van der Waals surface area contributed by atoms with E-state index < -0.39 is 0 Å². The molecule has 0 saturated heterocycles. The van der Waals surface area contributed by atoms with Gasteiger partial charge >= 0.3 is 0 Å². The van der Waals surface area contributed by atoms with Crippen molar-refractivity contribution in [2.45, 2.75) is 20.0 Å². The molecular formula is C15H15ClN4. The van der Waals surface area contributed by atoms with Crippen molar-refractivity contribution in [2.75, 3.05) is 5.32 Å². The lowest BCUT2D eigenvalue weighted by atomic mass is 10.2. The molecule has 0 unspecified atom stereocenters. The van der Waals surface area contributed by atoms with Crippen LogP contribution < -0.4 is 5.32 Å². The Labute approximate surface area is 122 Å². The minimum atomic E-state index is 0.700. The topological polar surface area (TPSA) is 42.7 Å². The van der Waals surface area contributed by atoms with Gasteiger partial charge in [-0.1, -0.05) is 17.7 Å². The number of aromatic nitrogens is 3. The van der Waals surface area contributed by atoms with Crippen molar-refractivity contribution < 1.29 is 0 Å². The maximum absolute atomic E-state index is 6.15. The highest BCUT2D eigenvalue weighted by molar-refractivity contribution is 6.31. The average molecular weight is 287 g/mol. The second-order valence-corrected chi connectivity index (χ2v) is 5.02. The number of anilines is 1. The number of hydrogen-bond donors (Lipinski definition) is 1. The third-order valence-electron chi connectivity index (χ3n) is 3.16. The van der Waals surface area contributed by atoms with Gasteiger partial charge < -0.3 is 5.32 Å². The van der Waals surface area contributed by atoms with Crippen LogP contribution in [-0.2, 0) is 13.1 Å². The van der Waals surface area contributed by atoms with Gasteiger partial charge in [0.15, 0.2) is 0 Å². The fourth-order valence-electron chi connectivity index (χ4n) is 2.16. The van der Waals surface area contributed by atoms with E-state index in [0.717, 1.165) is 28.7 Å². The van der Waals surface area contributed by atoms with Crippen LogP contribution >= 0.6 is 11.6 Å². The Morgan fingerprint density at radius 1 is 1.35 bits per heavy atom. The molecule has 1 N–H and O–H groups in total. The van der Waals surface area contributed by atoms with Crippen LogP contribution in [0.15, 0.2) is 42.9 Å². The zero-order valence-corrected chi connectivity index (χ0v) is 11.9. The molecule has 0 fully saturated rings. The molecule has 0 bridgehead atoms. The lowest BCUT2D eigenvalue weighted by Gasteiger charge is -2.09. The summed E-state index contributed by atoms with van der Waals surface area (Å²) in [6, 6.07) is 7.74. The number of pyridine rings is 1. The van der Waals surface area contributed by atoms with Crippen molar-refractivity contribution in [1.29, 1.82) is 0 Å². The van der Waals surface area contributed by atoms with E-state index >= 15 is 0 Å². The van der Waals surface area contributed by atoms with E-state index in [1.54, 1.807) is 6.20 Å². The molecule has 3 rings (SSSR count). The summed E-state index contributed by atoms with van der Waals surface area (Å²) in [5.41, 5.74) is 3.01. The highest BCUT2D eigenvalue weighted by Gasteiger charge is 2.05. The highest BCUT2D eigenvalue weighted by atomic mass is 35.5.